The number of anilines is 1. The van der Waals surface area contributed by atoms with Crippen LogP contribution >= 0.6 is 0 Å². The number of methoxy groups -OCH3 is 1. The van der Waals surface area contributed by atoms with Gasteiger partial charge in [0.25, 0.3) is 0 Å². The highest BCUT2D eigenvalue weighted by molar-refractivity contribution is 5.58. The second-order valence-corrected chi connectivity index (χ2v) is 6.51. The fourth-order valence-electron chi connectivity index (χ4n) is 3.30. The topological polar surface area (TPSA) is 77.7 Å². The van der Waals surface area contributed by atoms with Gasteiger partial charge < -0.3 is 14.4 Å². The van der Waals surface area contributed by atoms with Crippen molar-refractivity contribution in [1.29, 1.82) is 0 Å². The lowest BCUT2D eigenvalue weighted by molar-refractivity contribution is 0.169. The van der Waals surface area contributed by atoms with Crippen molar-refractivity contribution in [3.63, 3.8) is 0 Å². The van der Waals surface area contributed by atoms with Gasteiger partial charge in [0, 0.05) is 43.1 Å². The molecule has 0 unspecified atom stereocenters. The molecule has 0 N–H and O–H groups in total. The van der Waals surface area contributed by atoms with Crippen molar-refractivity contribution in [3.8, 4) is 11.6 Å². The minimum Gasteiger partial charge on any atom is -0.489 e. The molecule has 8 heteroatoms. The lowest BCUT2D eigenvalue weighted by Crippen LogP contribution is -2.39. The Morgan fingerprint density at radius 3 is 2.62 bits per heavy atom. The van der Waals surface area contributed by atoms with Gasteiger partial charge in [0.05, 0.1) is 13.3 Å². The van der Waals surface area contributed by atoms with E-state index in [0.29, 0.717) is 5.88 Å². The Morgan fingerprint density at radius 2 is 1.92 bits per heavy atom. The maximum absolute atomic E-state index is 6.06. The zero-order valence-electron chi connectivity index (χ0n) is 15.2. The maximum atomic E-state index is 6.06. The third-order valence-electron chi connectivity index (χ3n) is 4.93. The van der Waals surface area contributed by atoms with Crippen LogP contribution in [0.4, 0.5) is 5.82 Å². The average molecular weight is 354 g/mol. The zero-order chi connectivity index (χ0) is 18.1. The molecule has 1 fully saturated rings. The van der Waals surface area contributed by atoms with Gasteiger partial charge in [-0.3, -0.25) is 0 Å². The first-order valence-electron chi connectivity index (χ1n) is 8.74. The molecule has 1 aliphatic heterocycles. The predicted octanol–water partition coefficient (Wildman–Crippen LogP) is 2.19. The van der Waals surface area contributed by atoms with E-state index in [9.17, 15) is 0 Å². The molecule has 0 aliphatic carbocycles. The Labute approximate surface area is 151 Å². The molecule has 0 amide bonds. The number of rotatable bonds is 4. The molecule has 4 heterocycles. The summed E-state index contributed by atoms with van der Waals surface area (Å²) >= 11 is 0. The largest absolute Gasteiger partial charge is 0.489 e. The van der Waals surface area contributed by atoms with Gasteiger partial charge in [-0.15, -0.1) is 15.3 Å². The number of fused-ring (bicyclic) bond motifs is 1. The second-order valence-electron chi connectivity index (χ2n) is 6.51. The number of piperidine rings is 1. The summed E-state index contributed by atoms with van der Waals surface area (Å²) in [5.74, 6) is 2.37. The fraction of sp³-hybridized carbons (Fsp3) is 0.444. The van der Waals surface area contributed by atoms with E-state index in [4.69, 9.17) is 14.6 Å². The molecule has 0 saturated carbocycles. The summed E-state index contributed by atoms with van der Waals surface area (Å²) in [6.45, 7) is 5.96. The Kier molecular flexibility index (Phi) is 4.32. The molecule has 0 bridgehead atoms. The van der Waals surface area contributed by atoms with E-state index in [0.717, 1.165) is 54.3 Å². The molecule has 3 aromatic heterocycles. The number of aromatic nitrogens is 5. The quantitative estimate of drug-likeness (QED) is 0.711. The third-order valence-corrected chi connectivity index (χ3v) is 4.93. The van der Waals surface area contributed by atoms with Crippen LogP contribution in [0.25, 0.3) is 5.65 Å². The molecule has 4 rings (SSSR count). The maximum Gasteiger partial charge on any atom is 0.213 e. The Morgan fingerprint density at radius 1 is 1.12 bits per heavy atom. The van der Waals surface area contributed by atoms with E-state index < -0.39 is 0 Å². The van der Waals surface area contributed by atoms with Gasteiger partial charge in [-0.25, -0.2) is 4.98 Å². The zero-order valence-corrected chi connectivity index (χ0v) is 15.2. The Balaban J connectivity index is 1.44. The van der Waals surface area contributed by atoms with Crippen molar-refractivity contribution in [1.82, 2.24) is 24.8 Å². The third kappa shape index (κ3) is 3.02. The summed E-state index contributed by atoms with van der Waals surface area (Å²) in [5.41, 5.74) is 3.09. The second kappa shape index (κ2) is 6.78. The number of aryl methyl sites for hydroxylation is 1. The van der Waals surface area contributed by atoms with Crippen LogP contribution in [0.1, 0.15) is 24.0 Å². The van der Waals surface area contributed by atoms with Gasteiger partial charge in [0.1, 0.15) is 18.2 Å². The summed E-state index contributed by atoms with van der Waals surface area (Å²) in [6.07, 6.45) is 5.41. The van der Waals surface area contributed by atoms with Crippen molar-refractivity contribution in [2.75, 3.05) is 25.1 Å². The minimum absolute atomic E-state index is 0.182. The van der Waals surface area contributed by atoms with Crippen LogP contribution in [0.2, 0.25) is 0 Å². The van der Waals surface area contributed by atoms with Gasteiger partial charge in [-0.2, -0.15) is 4.52 Å². The summed E-state index contributed by atoms with van der Waals surface area (Å²) in [6, 6.07) is 3.71. The number of pyridine rings is 1. The van der Waals surface area contributed by atoms with Crippen molar-refractivity contribution in [2.45, 2.75) is 32.8 Å². The smallest absolute Gasteiger partial charge is 0.213 e. The van der Waals surface area contributed by atoms with Gasteiger partial charge >= 0.3 is 0 Å². The molecule has 0 atom stereocenters. The van der Waals surface area contributed by atoms with Crippen molar-refractivity contribution in [2.24, 2.45) is 0 Å². The number of nitrogens with zero attached hydrogens (tertiary/aromatic N) is 6. The first-order valence-corrected chi connectivity index (χ1v) is 8.74. The molecule has 0 aromatic carbocycles. The van der Waals surface area contributed by atoms with Crippen molar-refractivity contribution >= 4 is 11.5 Å². The highest BCUT2D eigenvalue weighted by Gasteiger charge is 2.24. The van der Waals surface area contributed by atoms with Crippen LogP contribution < -0.4 is 14.4 Å². The fourth-order valence-corrected chi connectivity index (χ4v) is 3.30. The monoisotopic (exact) mass is 354 g/mol. The van der Waals surface area contributed by atoms with Gasteiger partial charge in [0.15, 0.2) is 11.5 Å². The van der Waals surface area contributed by atoms with E-state index in [1.165, 1.54) is 0 Å². The summed E-state index contributed by atoms with van der Waals surface area (Å²) in [5, 5.41) is 12.8. The summed E-state index contributed by atoms with van der Waals surface area (Å²) in [4.78, 5) is 6.50. The van der Waals surface area contributed by atoms with E-state index in [1.54, 1.807) is 24.1 Å². The number of hydrogen-bond acceptors (Lipinski definition) is 7. The lowest BCUT2D eigenvalue weighted by atomic mass is 10.1. The van der Waals surface area contributed by atoms with Crippen molar-refractivity contribution in [3.05, 3.63) is 35.8 Å². The highest BCUT2D eigenvalue weighted by Crippen LogP contribution is 2.27. The standard InChI is InChI=1S/C18H22N6O2/c1-12-13(2)18(22-24-11-20-21-17(12)24)23-8-6-14(7-9-23)26-15-4-5-16(25-3)19-10-15/h4-5,10-11,14H,6-9H2,1-3H3. The SMILES string of the molecule is COc1ccc(OC2CCN(c3nn4cnnc4c(C)c3C)CC2)cn1. The van der Waals surface area contributed by atoms with E-state index in [-0.39, 0.29) is 6.10 Å². The number of hydrogen-bond donors (Lipinski definition) is 0. The molecule has 26 heavy (non-hydrogen) atoms. The number of ether oxygens (including phenoxy) is 2. The minimum atomic E-state index is 0.182. The molecule has 0 radical (unpaired) electrons. The van der Waals surface area contributed by atoms with Gasteiger partial charge in [-0.1, -0.05) is 0 Å². The predicted molar refractivity (Wildman–Crippen MR) is 96.9 cm³/mol. The molecule has 3 aromatic rings. The van der Waals surface area contributed by atoms with E-state index in [1.807, 2.05) is 12.1 Å². The molecule has 8 nitrogen and oxygen atoms in total. The Bertz CT molecular complexity index is 900. The lowest BCUT2D eigenvalue weighted by Gasteiger charge is -2.33. The molecule has 1 saturated heterocycles. The highest BCUT2D eigenvalue weighted by atomic mass is 16.5. The molecular formula is C18H22N6O2. The van der Waals surface area contributed by atoms with Crippen molar-refractivity contribution < 1.29 is 9.47 Å². The van der Waals surface area contributed by atoms with Crippen LogP contribution in [0.15, 0.2) is 24.7 Å². The van der Waals surface area contributed by atoms with Gasteiger partial charge in [-0.05, 0) is 19.9 Å². The van der Waals surface area contributed by atoms with Crippen LogP contribution in [-0.4, -0.2) is 51.1 Å². The average Bonchev–Trinajstić information content (AvgIpc) is 3.15. The summed E-state index contributed by atoms with van der Waals surface area (Å²) < 4.78 is 12.9. The van der Waals surface area contributed by atoms with Crippen LogP contribution in [0.5, 0.6) is 11.6 Å². The van der Waals surface area contributed by atoms with E-state index in [2.05, 4.69) is 33.9 Å². The van der Waals surface area contributed by atoms with Crippen LogP contribution in [0, 0.1) is 13.8 Å². The molecular weight excluding hydrogens is 332 g/mol. The van der Waals surface area contributed by atoms with Crippen LogP contribution in [-0.2, 0) is 0 Å². The first kappa shape index (κ1) is 16.6. The normalized spacial score (nSPS) is 15.4. The van der Waals surface area contributed by atoms with Gasteiger partial charge in [0.2, 0.25) is 5.88 Å². The summed E-state index contributed by atoms with van der Waals surface area (Å²) in [7, 11) is 1.60. The molecule has 136 valence electrons. The first-order chi connectivity index (χ1) is 12.7. The van der Waals surface area contributed by atoms with Crippen LogP contribution in [0.3, 0.4) is 0 Å². The molecule has 0 spiro atoms. The molecule has 1 aliphatic rings. The van der Waals surface area contributed by atoms with E-state index >= 15 is 0 Å². The Hall–Kier alpha value is -2.90.